The molecule has 0 aromatic heterocycles. The van der Waals surface area contributed by atoms with Gasteiger partial charge in [0.1, 0.15) is 0 Å². The molecule has 0 radical (unpaired) electrons. The van der Waals surface area contributed by atoms with E-state index in [-0.39, 0.29) is 17.4 Å². The molecule has 2 fully saturated rings. The van der Waals surface area contributed by atoms with E-state index in [1.165, 1.54) is 0 Å². The fourth-order valence-corrected chi connectivity index (χ4v) is 5.03. The number of benzene rings is 2. The second-order valence-corrected chi connectivity index (χ2v) is 8.47. The third-order valence-electron chi connectivity index (χ3n) is 6.71. The van der Waals surface area contributed by atoms with Crippen LogP contribution in [-0.2, 0) is 20.5 Å². The van der Waals surface area contributed by atoms with Crippen molar-refractivity contribution in [3.05, 3.63) is 71.8 Å². The first-order valence-corrected chi connectivity index (χ1v) is 10.3. The number of nitrogens with one attached hydrogen (secondary N) is 1. The second kappa shape index (κ2) is 7.64. The largest absolute Gasteiger partial charge is 0.481 e. The summed E-state index contributed by atoms with van der Waals surface area (Å²) in [6.07, 6.45) is 2.35. The lowest BCUT2D eigenvalue weighted by Gasteiger charge is -2.43. The first-order chi connectivity index (χ1) is 14.0. The molecule has 5 heteroatoms. The van der Waals surface area contributed by atoms with Crippen molar-refractivity contribution in [2.75, 3.05) is 19.6 Å². The number of carboxylic acid groups (broad SMARTS) is 1. The van der Waals surface area contributed by atoms with Crippen LogP contribution < -0.4 is 5.32 Å². The zero-order chi connectivity index (χ0) is 20.5. The van der Waals surface area contributed by atoms with Crippen molar-refractivity contribution in [2.45, 2.75) is 37.1 Å². The van der Waals surface area contributed by atoms with Crippen LogP contribution in [0.25, 0.3) is 0 Å². The summed E-state index contributed by atoms with van der Waals surface area (Å²) >= 11 is 0. The molecule has 0 bridgehead atoms. The molecule has 2 N–H and O–H groups in total. The monoisotopic (exact) mass is 392 g/mol. The molecule has 2 atom stereocenters. The summed E-state index contributed by atoms with van der Waals surface area (Å²) < 4.78 is 0. The molecule has 2 aromatic carbocycles. The van der Waals surface area contributed by atoms with Crippen molar-refractivity contribution >= 4 is 11.9 Å². The van der Waals surface area contributed by atoms with Crippen LogP contribution in [0.4, 0.5) is 0 Å². The van der Waals surface area contributed by atoms with Gasteiger partial charge in [-0.25, -0.2) is 0 Å². The molecule has 1 saturated carbocycles. The predicted octanol–water partition coefficient (Wildman–Crippen LogP) is 3.16. The summed E-state index contributed by atoms with van der Waals surface area (Å²) in [7, 11) is 0. The molecule has 1 aliphatic carbocycles. The van der Waals surface area contributed by atoms with Crippen LogP contribution >= 0.6 is 0 Å². The number of hydrogen-bond donors (Lipinski definition) is 2. The number of rotatable bonds is 6. The third-order valence-corrected chi connectivity index (χ3v) is 6.71. The number of carbonyl (C=O) groups is 2. The molecule has 29 heavy (non-hydrogen) atoms. The van der Waals surface area contributed by atoms with Gasteiger partial charge >= 0.3 is 5.97 Å². The minimum Gasteiger partial charge on any atom is -0.481 e. The van der Waals surface area contributed by atoms with Gasteiger partial charge in [-0.2, -0.15) is 0 Å². The highest BCUT2D eigenvalue weighted by molar-refractivity contribution is 5.86. The Morgan fingerprint density at radius 2 is 1.55 bits per heavy atom. The number of carboxylic acids is 1. The van der Waals surface area contributed by atoms with E-state index >= 15 is 0 Å². The summed E-state index contributed by atoms with van der Waals surface area (Å²) in [5, 5.41) is 13.1. The molecule has 2 unspecified atom stereocenters. The molecule has 5 nitrogen and oxygen atoms in total. The number of carbonyl (C=O) groups excluding carboxylic acids is 1. The molecular weight excluding hydrogens is 364 g/mol. The summed E-state index contributed by atoms with van der Waals surface area (Å²) in [6, 6.07) is 19.8. The van der Waals surface area contributed by atoms with Crippen molar-refractivity contribution in [3.8, 4) is 0 Å². The Labute approximate surface area is 171 Å². The summed E-state index contributed by atoms with van der Waals surface area (Å²) in [5.74, 6) is -0.603. The highest BCUT2D eigenvalue weighted by Gasteiger charge is 2.61. The average Bonchev–Trinajstić information content (AvgIpc) is 3.46. The zero-order valence-electron chi connectivity index (χ0n) is 16.8. The molecular formula is C24H28N2O3. The van der Waals surface area contributed by atoms with Gasteiger partial charge in [-0.3, -0.25) is 9.59 Å². The Morgan fingerprint density at radius 1 is 1.00 bits per heavy atom. The maximum Gasteiger partial charge on any atom is 0.314 e. The fourth-order valence-electron chi connectivity index (χ4n) is 5.03. The molecule has 4 rings (SSSR count). The number of amides is 1. The SMILES string of the molecule is CC(=O)NC1(c2ccccc2)CCN(CC2CC2(C(=O)O)c2ccccc2)CC1. The number of piperidine rings is 1. The summed E-state index contributed by atoms with van der Waals surface area (Å²) in [5.41, 5.74) is 0.973. The Morgan fingerprint density at radius 3 is 2.07 bits per heavy atom. The van der Waals surface area contributed by atoms with Crippen molar-refractivity contribution in [1.82, 2.24) is 10.2 Å². The normalized spacial score (nSPS) is 25.9. The standard InChI is InChI=1S/C24H28N2O3/c1-18(27)25-23(19-8-4-2-5-9-19)12-14-26(15-13-23)17-21-16-24(21,22(28)29)20-10-6-3-7-11-20/h2-11,21H,12-17H2,1H3,(H,25,27)(H,28,29). The first-order valence-electron chi connectivity index (χ1n) is 10.3. The van der Waals surface area contributed by atoms with Gasteiger partial charge in [-0.15, -0.1) is 0 Å². The van der Waals surface area contributed by atoms with Gasteiger partial charge in [0.2, 0.25) is 5.91 Å². The van der Waals surface area contributed by atoms with Crippen LogP contribution in [0.3, 0.4) is 0 Å². The highest BCUT2D eigenvalue weighted by atomic mass is 16.4. The zero-order valence-corrected chi connectivity index (χ0v) is 16.8. The number of likely N-dealkylation sites (tertiary alicyclic amines) is 1. The Hall–Kier alpha value is -2.66. The number of hydrogen-bond acceptors (Lipinski definition) is 3. The van der Waals surface area contributed by atoms with E-state index in [1.54, 1.807) is 6.92 Å². The Bertz CT molecular complexity index is 876. The van der Waals surface area contributed by atoms with Gasteiger partial charge in [-0.05, 0) is 36.3 Å². The molecule has 2 aliphatic rings. The lowest BCUT2D eigenvalue weighted by Crippen LogP contribution is -2.53. The van der Waals surface area contributed by atoms with Crippen molar-refractivity contribution < 1.29 is 14.7 Å². The van der Waals surface area contributed by atoms with Crippen LogP contribution in [0.5, 0.6) is 0 Å². The fraction of sp³-hybridized carbons (Fsp3) is 0.417. The van der Waals surface area contributed by atoms with E-state index in [0.29, 0.717) is 6.42 Å². The van der Waals surface area contributed by atoms with Crippen molar-refractivity contribution in [1.29, 1.82) is 0 Å². The molecule has 0 spiro atoms. The molecule has 1 saturated heterocycles. The average molecular weight is 392 g/mol. The topological polar surface area (TPSA) is 69.6 Å². The van der Waals surface area contributed by atoms with E-state index in [9.17, 15) is 14.7 Å². The number of aliphatic carboxylic acids is 1. The minimum atomic E-state index is -0.743. The van der Waals surface area contributed by atoms with Crippen molar-refractivity contribution in [3.63, 3.8) is 0 Å². The van der Waals surface area contributed by atoms with Gasteiger partial charge in [0.25, 0.3) is 0 Å². The van der Waals surface area contributed by atoms with Gasteiger partial charge in [-0.1, -0.05) is 60.7 Å². The van der Waals surface area contributed by atoms with Crippen LogP contribution in [0.1, 0.15) is 37.3 Å². The van der Waals surface area contributed by atoms with Crippen LogP contribution in [-0.4, -0.2) is 41.5 Å². The van der Waals surface area contributed by atoms with Gasteiger partial charge in [0, 0.05) is 26.6 Å². The third kappa shape index (κ3) is 3.67. The number of nitrogens with zero attached hydrogens (tertiary/aromatic N) is 1. The van der Waals surface area contributed by atoms with E-state index in [2.05, 4.69) is 22.3 Å². The minimum absolute atomic E-state index is 0.0153. The van der Waals surface area contributed by atoms with E-state index in [4.69, 9.17) is 0 Å². The summed E-state index contributed by atoms with van der Waals surface area (Å²) in [4.78, 5) is 26.3. The van der Waals surface area contributed by atoms with Crippen LogP contribution in [0, 0.1) is 5.92 Å². The first kappa shape index (κ1) is 19.6. The smallest absolute Gasteiger partial charge is 0.314 e. The maximum atomic E-state index is 12.1. The Kier molecular flexibility index (Phi) is 5.17. The quantitative estimate of drug-likeness (QED) is 0.792. The lowest BCUT2D eigenvalue weighted by molar-refractivity contribution is -0.140. The molecule has 1 amide bonds. The maximum absolute atomic E-state index is 12.1. The van der Waals surface area contributed by atoms with Crippen molar-refractivity contribution in [2.24, 2.45) is 5.92 Å². The van der Waals surface area contributed by atoms with Crippen LogP contribution in [0.2, 0.25) is 0 Å². The lowest BCUT2D eigenvalue weighted by atomic mass is 9.80. The summed E-state index contributed by atoms with van der Waals surface area (Å²) in [6.45, 7) is 4.04. The molecule has 1 heterocycles. The molecule has 1 aliphatic heterocycles. The van der Waals surface area contributed by atoms with E-state index < -0.39 is 11.4 Å². The van der Waals surface area contributed by atoms with E-state index in [0.717, 1.165) is 43.6 Å². The van der Waals surface area contributed by atoms with Gasteiger partial charge < -0.3 is 15.3 Å². The molecule has 152 valence electrons. The van der Waals surface area contributed by atoms with Crippen LogP contribution in [0.15, 0.2) is 60.7 Å². The predicted molar refractivity (Wildman–Crippen MR) is 111 cm³/mol. The highest BCUT2D eigenvalue weighted by Crippen LogP contribution is 2.55. The van der Waals surface area contributed by atoms with E-state index in [1.807, 2.05) is 48.5 Å². The Balaban J connectivity index is 1.45. The van der Waals surface area contributed by atoms with Gasteiger partial charge in [0.15, 0.2) is 0 Å². The van der Waals surface area contributed by atoms with Gasteiger partial charge in [0.05, 0.1) is 11.0 Å². The second-order valence-electron chi connectivity index (χ2n) is 8.47. The molecule has 2 aromatic rings.